The minimum absolute atomic E-state index is 0.210. The highest BCUT2D eigenvalue weighted by Gasteiger charge is 2.35. The van der Waals surface area contributed by atoms with Crippen molar-refractivity contribution in [1.29, 1.82) is 0 Å². The number of nitrogens with zero attached hydrogens (tertiary/aromatic N) is 4. The summed E-state index contributed by atoms with van der Waals surface area (Å²) in [6.07, 6.45) is 3.00. The molecular formula is C22H27N5OS. The average molecular weight is 410 g/mol. The van der Waals surface area contributed by atoms with Crippen molar-refractivity contribution >= 4 is 11.3 Å². The quantitative estimate of drug-likeness (QED) is 0.704. The highest BCUT2D eigenvalue weighted by molar-refractivity contribution is 7.15. The van der Waals surface area contributed by atoms with Crippen molar-refractivity contribution in [2.24, 2.45) is 5.92 Å². The van der Waals surface area contributed by atoms with Crippen LogP contribution in [0.4, 0.5) is 0 Å². The Hall–Kier alpha value is -2.22. The Labute approximate surface area is 174 Å². The van der Waals surface area contributed by atoms with Gasteiger partial charge in [0, 0.05) is 61.0 Å². The number of likely N-dealkylation sites (tertiary alicyclic amines) is 1. The summed E-state index contributed by atoms with van der Waals surface area (Å²) >= 11 is 1.84. The SMILES string of the molecule is CN(C)Cc1ccc2n(c1=O)C[C@H]1C[C@@H]2CN(Cc2ccc(-c3ccn[nH]3)s2)C1. The van der Waals surface area contributed by atoms with Crippen LogP contribution in [-0.4, -0.2) is 51.7 Å². The molecule has 2 bridgehead atoms. The maximum absolute atomic E-state index is 13.0. The van der Waals surface area contributed by atoms with Crippen LogP contribution in [-0.2, 0) is 19.6 Å². The average Bonchev–Trinajstić information content (AvgIpc) is 3.36. The molecule has 0 spiro atoms. The summed E-state index contributed by atoms with van der Waals surface area (Å²) in [6.45, 7) is 4.64. The first-order valence-electron chi connectivity index (χ1n) is 10.2. The second kappa shape index (κ2) is 7.55. The summed E-state index contributed by atoms with van der Waals surface area (Å²) in [5.74, 6) is 1.01. The Morgan fingerprint density at radius 3 is 2.86 bits per heavy atom. The number of nitrogens with one attached hydrogen (secondary N) is 1. The molecule has 7 heteroatoms. The summed E-state index contributed by atoms with van der Waals surface area (Å²) < 4.78 is 2.07. The van der Waals surface area contributed by atoms with Crippen LogP contribution in [0.2, 0.25) is 0 Å². The Balaban J connectivity index is 1.33. The smallest absolute Gasteiger partial charge is 0.255 e. The van der Waals surface area contributed by atoms with Crippen LogP contribution < -0.4 is 5.56 Å². The number of piperidine rings is 1. The zero-order valence-corrected chi connectivity index (χ0v) is 17.8. The maximum atomic E-state index is 13.0. The fourth-order valence-corrected chi connectivity index (χ4v) is 5.93. The van der Waals surface area contributed by atoms with E-state index in [9.17, 15) is 4.79 Å². The molecule has 0 radical (unpaired) electrons. The lowest BCUT2D eigenvalue weighted by atomic mass is 9.83. The first-order valence-corrected chi connectivity index (χ1v) is 11.1. The van der Waals surface area contributed by atoms with Crippen molar-refractivity contribution in [3.63, 3.8) is 0 Å². The van der Waals surface area contributed by atoms with Crippen LogP contribution in [0.5, 0.6) is 0 Å². The number of H-pyrrole nitrogens is 1. The Kier molecular flexibility index (Phi) is 4.89. The third-order valence-electron chi connectivity index (χ3n) is 6.05. The van der Waals surface area contributed by atoms with Gasteiger partial charge in [0.15, 0.2) is 0 Å². The minimum Gasteiger partial charge on any atom is -0.312 e. The zero-order valence-electron chi connectivity index (χ0n) is 17.0. The molecule has 0 aromatic carbocycles. The highest BCUT2D eigenvalue weighted by Crippen LogP contribution is 2.36. The fraction of sp³-hybridized carbons (Fsp3) is 0.455. The number of thiophene rings is 1. The van der Waals surface area contributed by atoms with E-state index in [0.717, 1.165) is 37.4 Å². The molecule has 1 saturated heterocycles. The third kappa shape index (κ3) is 3.70. The number of pyridine rings is 1. The van der Waals surface area contributed by atoms with Gasteiger partial charge in [-0.1, -0.05) is 6.07 Å². The largest absolute Gasteiger partial charge is 0.312 e. The lowest BCUT2D eigenvalue weighted by Crippen LogP contribution is -2.47. The normalized spacial score (nSPS) is 21.5. The number of hydrogen-bond donors (Lipinski definition) is 1. The van der Waals surface area contributed by atoms with Crippen LogP contribution in [0.15, 0.2) is 41.3 Å². The molecule has 3 aromatic rings. The van der Waals surface area contributed by atoms with E-state index < -0.39 is 0 Å². The molecule has 0 aliphatic carbocycles. The van der Waals surface area contributed by atoms with E-state index in [1.807, 2.05) is 37.6 Å². The molecule has 5 heterocycles. The third-order valence-corrected chi connectivity index (χ3v) is 7.16. The Morgan fingerprint density at radius 2 is 2.07 bits per heavy atom. The fourth-order valence-electron chi connectivity index (χ4n) is 4.90. The van der Waals surface area contributed by atoms with Gasteiger partial charge in [-0.15, -0.1) is 11.3 Å². The van der Waals surface area contributed by atoms with Crippen LogP contribution in [0.25, 0.3) is 10.6 Å². The molecule has 1 N–H and O–H groups in total. The van der Waals surface area contributed by atoms with E-state index in [0.29, 0.717) is 18.4 Å². The van der Waals surface area contributed by atoms with E-state index in [1.54, 1.807) is 6.20 Å². The van der Waals surface area contributed by atoms with Crippen molar-refractivity contribution in [2.75, 3.05) is 27.2 Å². The van der Waals surface area contributed by atoms with Crippen LogP contribution in [0, 0.1) is 5.92 Å². The van der Waals surface area contributed by atoms with E-state index in [-0.39, 0.29) is 5.56 Å². The van der Waals surface area contributed by atoms with E-state index in [2.05, 4.69) is 42.8 Å². The summed E-state index contributed by atoms with van der Waals surface area (Å²) in [7, 11) is 4.02. The summed E-state index contributed by atoms with van der Waals surface area (Å²) in [6, 6.07) is 10.7. The van der Waals surface area contributed by atoms with Crippen LogP contribution in [0.3, 0.4) is 0 Å². The van der Waals surface area contributed by atoms with Crippen molar-refractivity contribution in [1.82, 2.24) is 24.6 Å². The number of hydrogen-bond acceptors (Lipinski definition) is 5. The van der Waals surface area contributed by atoms with Gasteiger partial charge in [-0.2, -0.15) is 5.10 Å². The highest BCUT2D eigenvalue weighted by atomic mass is 32.1. The molecule has 3 aromatic heterocycles. The van der Waals surface area contributed by atoms with Gasteiger partial charge in [-0.25, -0.2) is 0 Å². The lowest BCUT2D eigenvalue weighted by Gasteiger charge is -2.42. The molecule has 2 aliphatic heterocycles. The van der Waals surface area contributed by atoms with E-state index in [1.165, 1.54) is 21.9 Å². The first kappa shape index (κ1) is 18.8. The van der Waals surface area contributed by atoms with Gasteiger partial charge in [-0.05, 0) is 50.7 Å². The molecule has 0 saturated carbocycles. The summed E-state index contributed by atoms with van der Waals surface area (Å²) in [5.41, 5.74) is 3.42. The van der Waals surface area contributed by atoms with Crippen molar-refractivity contribution in [2.45, 2.75) is 32.0 Å². The molecule has 0 amide bonds. The van der Waals surface area contributed by atoms with Crippen LogP contribution in [0.1, 0.15) is 28.5 Å². The molecule has 2 aliphatic rings. The minimum atomic E-state index is 0.210. The van der Waals surface area contributed by atoms with Gasteiger partial charge in [0.25, 0.3) is 5.56 Å². The predicted molar refractivity (Wildman–Crippen MR) is 116 cm³/mol. The molecule has 1 fully saturated rings. The molecule has 6 nitrogen and oxygen atoms in total. The molecular weight excluding hydrogens is 382 g/mol. The number of aromatic amines is 1. The topological polar surface area (TPSA) is 57.2 Å². The van der Waals surface area contributed by atoms with Gasteiger partial charge in [0.05, 0.1) is 10.6 Å². The summed E-state index contributed by atoms with van der Waals surface area (Å²) in [5, 5.41) is 7.10. The number of rotatable bonds is 5. The second-order valence-electron chi connectivity index (χ2n) is 8.67. The molecule has 0 unspecified atom stereocenters. The molecule has 152 valence electrons. The Morgan fingerprint density at radius 1 is 1.17 bits per heavy atom. The molecule has 5 rings (SSSR count). The van der Waals surface area contributed by atoms with Gasteiger partial charge < -0.3 is 9.47 Å². The standard InChI is InChI=1S/C22H27N5OS/c1-25(2)12-16-3-5-20-17-9-15(11-27(20)22(16)28)10-26(13-17)14-18-4-6-21(29-18)19-7-8-23-24-19/h3-8,15,17H,9-14H2,1-2H3,(H,23,24)/t15-,17+/m0/s1. The molecule has 2 atom stereocenters. The van der Waals surface area contributed by atoms with Gasteiger partial charge in [0.1, 0.15) is 0 Å². The maximum Gasteiger partial charge on any atom is 0.255 e. The van der Waals surface area contributed by atoms with Crippen molar-refractivity contribution in [3.05, 3.63) is 63.0 Å². The van der Waals surface area contributed by atoms with Crippen molar-refractivity contribution in [3.8, 4) is 10.6 Å². The van der Waals surface area contributed by atoms with Gasteiger partial charge in [0.2, 0.25) is 0 Å². The monoisotopic (exact) mass is 409 g/mol. The van der Waals surface area contributed by atoms with Crippen molar-refractivity contribution < 1.29 is 0 Å². The van der Waals surface area contributed by atoms with E-state index >= 15 is 0 Å². The van der Waals surface area contributed by atoms with Crippen LogP contribution >= 0.6 is 11.3 Å². The number of fused-ring (bicyclic) bond motifs is 4. The lowest BCUT2D eigenvalue weighted by molar-refractivity contribution is 0.115. The number of aromatic nitrogens is 3. The first-order chi connectivity index (χ1) is 14.1. The zero-order chi connectivity index (χ0) is 20.0. The van der Waals surface area contributed by atoms with Gasteiger partial charge >= 0.3 is 0 Å². The Bertz CT molecular complexity index is 1050. The summed E-state index contributed by atoms with van der Waals surface area (Å²) in [4.78, 5) is 20.2. The van der Waals surface area contributed by atoms with E-state index in [4.69, 9.17) is 0 Å². The van der Waals surface area contributed by atoms with Gasteiger partial charge in [-0.3, -0.25) is 14.8 Å². The molecule has 29 heavy (non-hydrogen) atoms. The predicted octanol–water partition coefficient (Wildman–Crippen LogP) is 2.98. The second-order valence-corrected chi connectivity index (χ2v) is 9.83.